The molecule has 6 nitrogen and oxygen atoms in total. The third kappa shape index (κ3) is 11.9. The number of hydrogen-bond acceptors (Lipinski definition) is 6. The first-order valence-electron chi connectivity index (χ1n) is 9.97. The van der Waals surface area contributed by atoms with Crippen molar-refractivity contribution < 1.29 is 9.31 Å². The van der Waals surface area contributed by atoms with Crippen LogP contribution in [0.3, 0.4) is 0 Å². The molecule has 0 amide bonds. The second-order valence-corrected chi connectivity index (χ2v) is 7.84. The molecule has 0 bridgehead atoms. The van der Waals surface area contributed by atoms with Crippen molar-refractivity contribution in [1.29, 1.82) is 5.41 Å². The van der Waals surface area contributed by atoms with Crippen LogP contribution in [-0.4, -0.2) is 51.1 Å². The Morgan fingerprint density at radius 1 is 1.33 bits per heavy atom. The fourth-order valence-electron chi connectivity index (χ4n) is 2.81. The minimum atomic E-state index is 0.191. The Hall–Kier alpha value is -1.96. The summed E-state index contributed by atoms with van der Waals surface area (Å²) < 4.78 is 7.13. The average Bonchev–Trinajstić information content (AvgIpc) is 2.74. The summed E-state index contributed by atoms with van der Waals surface area (Å²) in [4.78, 5) is 4.61. The van der Waals surface area contributed by atoms with Gasteiger partial charge < -0.3 is 21.6 Å². The molecule has 0 aromatic carbocycles. The summed E-state index contributed by atoms with van der Waals surface area (Å²) in [6, 6.07) is 0. The second kappa shape index (κ2) is 16.8. The molecule has 2 rings (SSSR count). The van der Waals surface area contributed by atoms with Crippen molar-refractivity contribution in [2.75, 3.05) is 27.4 Å². The number of thiol groups is 1. The minimum absolute atomic E-state index is 0.191. The minimum Gasteiger partial charge on any atom is -0.497 e. The first-order chi connectivity index (χ1) is 14.1. The Morgan fingerprint density at radius 2 is 1.87 bits per heavy atom. The van der Waals surface area contributed by atoms with Gasteiger partial charge in [0.05, 0.1) is 13.8 Å². The zero-order chi connectivity index (χ0) is 23.7. The van der Waals surface area contributed by atoms with E-state index in [1.165, 1.54) is 30.3 Å². The van der Waals surface area contributed by atoms with Crippen LogP contribution in [0.2, 0.25) is 0 Å². The van der Waals surface area contributed by atoms with Gasteiger partial charge in [-0.1, -0.05) is 26.5 Å². The number of nitrogens with one attached hydrogen (secondary N) is 1. The van der Waals surface area contributed by atoms with Crippen LogP contribution in [0.4, 0.5) is 0 Å². The monoisotopic (exact) mass is 436 g/mol. The van der Waals surface area contributed by atoms with Crippen LogP contribution in [0.15, 0.2) is 51.2 Å². The maximum Gasteiger partial charge on any atom is 0.182 e. The van der Waals surface area contributed by atoms with Crippen molar-refractivity contribution >= 4 is 31.8 Å². The summed E-state index contributed by atoms with van der Waals surface area (Å²) in [6.07, 6.45) is 10.7. The smallest absolute Gasteiger partial charge is 0.182 e. The lowest BCUT2D eigenvalue weighted by molar-refractivity contribution is -0.477. The number of aliphatic imine (C=N–C) groups is 1. The molecule has 170 valence electrons. The fourth-order valence-corrected chi connectivity index (χ4v) is 2.81. The van der Waals surface area contributed by atoms with Gasteiger partial charge in [0.1, 0.15) is 19.0 Å². The Morgan fingerprint density at radius 3 is 2.27 bits per heavy atom. The molecule has 1 aliphatic carbocycles. The van der Waals surface area contributed by atoms with E-state index < -0.39 is 0 Å². The Balaban J connectivity index is 0. The summed E-state index contributed by atoms with van der Waals surface area (Å²) in [5.41, 5.74) is 13.8. The summed E-state index contributed by atoms with van der Waals surface area (Å²) in [5.74, 6) is 1.04. The third-order valence-corrected chi connectivity index (χ3v) is 4.78. The Labute approximate surface area is 189 Å². The quantitative estimate of drug-likeness (QED) is 0.300. The van der Waals surface area contributed by atoms with Crippen LogP contribution in [0.1, 0.15) is 47.0 Å². The topological polar surface area (TPSA) is 100 Å². The van der Waals surface area contributed by atoms with E-state index in [1.54, 1.807) is 7.11 Å². The predicted octanol–water partition coefficient (Wildman–Crippen LogP) is 4.30. The van der Waals surface area contributed by atoms with Crippen LogP contribution < -0.4 is 11.5 Å². The molecule has 5 N–H and O–H groups in total. The highest BCUT2D eigenvalue weighted by Crippen LogP contribution is 2.35. The normalized spacial score (nSPS) is 17.2. The molecule has 0 saturated carbocycles. The van der Waals surface area contributed by atoms with Crippen LogP contribution in [0.5, 0.6) is 0 Å². The van der Waals surface area contributed by atoms with E-state index in [0.29, 0.717) is 11.6 Å². The van der Waals surface area contributed by atoms with E-state index in [0.717, 1.165) is 31.4 Å². The molecule has 1 aliphatic heterocycles. The Kier molecular flexibility index (Phi) is 16.9. The molecule has 2 aliphatic rings. The van der Waals surface area contributed by atoms with E-state index in [9.17, 15) is 0 Å². The van der Waals surface area contributed by atoms with Crippen LogP contribution in [0, 0.1) is 10.8 Å². The molecule has 0 unspecified atom stereocenters. The molecule has 0 aromatic rings. The van der Waals surface area contributed by atoms with Gasteiger partial charge in [0.25, 0.3) is 0 Å². The third-order valence-electron chi connectivity index (χ3n) is 4.65. The van der Waals surface area contributed by atoms with Gasteiger partial charge in [-0.05, 0) is 38.5 Å². The number of ether oxygens (including phenoxy) is 1. The zero-order valence-electron chi connectivity index (χ0n) is 19.7. The van der Waals surface area contributed by atoms with Gasteiger partial charge in [-0.15, -0.1) is 12.6 Å². The fraction of sp³-hybridized carbons (Fsp3) is 0.522. The average molecular weight is 437 g/mol. The predicted molar refractivity (Wildman–Crippen MR) is 136 cm³/mol. The first-order valence-corrected chi connectivity index (χ1v) is 10.4. The number of hydrogen-bond donors (Lipinski definition) is 4. The van der Waals surface area contributed by atoms with Gasteiger partial charge in [0.15, 0.2) is 5.70 Å². The molecule has 1 heterocycles. The summed E-state index contributed by atoms with van der Waals surface area (Å²) in [5, 5.41) is 6.36. The lowest BCUT2D eigenvalue weighted by Gasteiger charge is -2.29. The van der Waals surface area contributed by atoms with Crippen molar-refractivity contribution in [1.82, 2.24) is 0 Å². The van der Waals surface area contributed by atoms with Gasteiger partial charge in [0.2, 0.25) is 0 Å². The van der Waals surface area contributed by atoms with Crippen molar-refractivity contribution in [3.8, 4) is 0 Å². The van der Waals surface area contributed by atoms with Crippen LogP contribution in [0.25, 0.3) is 0 Å². The van der Waals surface area contributed by atoms with Crippen LogP contribution in [-0.2, 0) is 4.74 Å². The maximum atomic E-state index is 6.36. The lowest BCUT2D eigenvalue weighted by Crippen LogP contribution is -2.30. The number of allylic oxidation sites excluding steroid dienone is 6. The van der Waals surface area contributed by atoms with Crippen molar-refractivity contribution in [2.45, 2.75) is 47.0 Å². The van der Waals surface area contributed by atoms with E-state index in [-0.39, 0.29) is 5.41 Å². The summed E-state index contributed by atoms with van der Waals surface area (Å²) >= 11 is 3.66. The van der Waals surface area contributed by atoms with Gasteiger partial charge in [-0.2, -0.15) is 0 Å². The summed E-state index contributed by atoms with van der Waals surface area (Å²) in [7, 11) is 3.22. The molecule has 0 atom stereocenters. The molecule has 0 aromatic heterocycles. The largest absolute Gasteiger partial charge is 0.497 e. The SMILES string of the molecule is C=C(S)C=N.C=[N+]1CCC(C)(C)C(/C=N\CN)=C1C.CN.COC1=CCCC=C1C. The lowest BCUT2D eigenvalue weighted by atomic mass is 9.78. The van der Waals surface area contributed by atoms with E-state index in [2.05, 4.69) is 76.5 Å². The molecule has 30 heavy (non-hydrogen) atoms. The van der Waals surface area contributed by atoms with Crippen LogP contribution >= 0.6 is 12.6 Å². The highest BCUT2D eigenvalue weighted by molar-refractivity contribution is 7.85. The molecular formula is C23H42N5OS+. The highest BCUT2D eigenvalue weighted by atomic mass is 32.1. The highest BCUT2D eigenvalue weighted by Gasteiger charge is 2.33. The van der Waals surface area contributed by atoms with E-state index >= 15 is 0 Å². The molecule has 7 heteroatoms. The summed E-state index contributed by atoms with van der Waals surface area (Å²) in [6.45, 7) is 17.3. The standard InChI is InChI=1S/C11H20N3.C8H12O.C3H5NS.CH5N/c1-9-10(7-13-8-12)11(2,3)5-6-14(9)4;1-7-5-3-4-6-8(7)9-2;1-3(5)2-4;1-2/h7H,4-6,8,12H2,1-3H3;5-6H,3-4H2,1-2H3;2,4-5H,1H2;2H2,1H3/q+1;;;/b13-7-;;;. The van der Waals surface area contributed by atoms with Gasteiger partial charge in [-0.3, -0.25) is 4.99 Å². The molecular weight excluding hydrogens is 394 g/mol. The van der Waals surface area contributed by atoms with Crippen molar-refractivity contribution in [3.63, 3.8) is 0 Å². The maximum absolute atomic E-state index is 6.36. The number of methoxy groups -OCH3 is 1. The van der Waals surface area contributed by atoms with Crippen molar-refractivity contribution in [3.05, 3.63) is 46.2 Å². The van der Waals surface area contributed by atoms with Crippen molar-refractivity contribution in [2.24, 2.45) is 21.9 Å². The van der Waals surface area contributed by atoms with Gasteiger partial charge in [0, 0.05) is 41.7 Å². The first kappa shape index (κ1) is 30.2. The molecule has 0 spiro atoms. The zero-order valence-corrected chi connectivity index (χ0v) is 20.6. The van der Waals surface area contributed by atoms with E-state index in [1.807, 2.05) is 10.8 Å². The molecule has 0 radical (unpaired) electrons. The van der Waals surface area contributed by atoms with E-state index in [4.69, 9.17) is 15.9 Å². The van der Waals surface area contributed by atoms with Gasteiger partial charge >= 0.3 is 0 Å². The van der Waals surface area contributed by atoms with Gasteiger partial charge in [-0.25, -0.2) is 4.58 Å². The molecule has 0 saturated heterocycles. The Bertz CT molecular complexity index is 688. The molecule has 0 fully saturated rings. The number of nitrogens with zero attached hydrogens (tertiary/aromatic N) is 2. The second-order valence-electron chi connectivity index (χ2n) is 7.26. The number of nitrogens with two attached hydrogens (primary N) is 2. The number of rotatable bonds is 4.